The second kappa shape index (κ2) is 11.1. The zero-order chi connectivity index (χ0) is 30.9. The van der Waals surface area contributed by atoms with E-state index in [-0.39, 0.29) is 40.3 Å². The Balaban J connectivity index is 1.06. The summed E-state index contributed by atoms with van der Waals surface area (Å²) in [6.07, 6.45) is 9.88. The van der Waals surface area contributed by atoms with Crippen LogP contribution in [0.5, 0.6) is 6.01 Å². The largest absolute Gasteiger partial charge is 0.463 e. The molecule has 5 aliphatic rings. The zero-order valence-corrected chi connectivity index (χ0v) is 26.8. The third kappa shape index (κ3) is 5.80. The fourth-order valence-electron chi connectivity index (χ4n) is 8.10. The first-order chi connectivity index (χ1) is 21.0. The van der Waals surface area contributed by atoms with Gasteiger partial charge in [0.2, 0.25) is 0 Å². The fraction of sp³-hybridized carbons (Fsp3) is 0.750. The molecule has 2 atom stereocenters. The van der Waals surface area contributed by atoms with Gasteiger partial charge >= 0.3 is 12.1 Å². The number of pyridine rings is 1. The van der Waals surface area contributed by atoms with Gasteiger partial charge in [-0.15, -0.1) is 0 Å². The number of likely N-dealkylation sites (tertiary alicyclic amines) is 1. The maximum absolute atomic E-state index is 15.3. The van der Waals surface area contributed by atoms with E-state index in [4.69, 9.17) is 26.1 Å². The van der Waals surface area contributed by atoms with E-state index in [1.54, 1.807) is 0 Å². The van der Waals surface area contributed by atoms with Crippen LogP contribution in [0, 0.1) is 22.6 Å². The second-order valence-corrected chi connectivity index (χ2v) is 15.5. The van der Waals surface area contributed by atoms with Gasteiger partial charge in [0.05, 0.1) is 24.1 Å². The monoisotopic (exact) mass is 630 g/mol. The molecule has 10 nitrogen and oxygen atoms in total. The van der Waals surface area contributed by atoms with E-state index in [0.717, 1.165) is 45.3 Å². The van der Waals surface area contributed by atoms with Gasteiger partial charge in [-0.1, -0.05) is 11.6 Å². The summed E-state index contributed by atoms with van der Waals surface area (Å²) in [5.41, 5.74) is 0.0357. The number of ether oxygens (including phenoxy) is 2. The first-order valence-electron chi connectivity index (χ1n) is 16.2. The average molecular weight is 631 g/mol. The lowest BCUT2D eigenvalue weighted by Crippen LogP contribution is -2.57. The summed E-state index contributed by atoms with van der Waals surface area (Å²) in [6, 6.07) is 0.0795. The van der Waals surface area contributed by atoms with Crippen molar-refractivity contribution in [2.75, 3.05) is 50.8 Å². The molecule has 2 aliphatic carbocycles. The number of carbonyl (C=O) groups excluding carboxylic acids is 1. The fourth-order valence-corrected chi connectivity index (χ4v) is 8.24. The molecule has 12 heteroatoms. The number of aliphatic hydroxyl groups is 1. The van der Waals surface area contributed by atoms with Crippen LogP contribution >= 0.6 is 11.6 Å². The molecular formula is C32H44ClFN6O4. The van der Waals surface area contributed by atoms with Crippen LogP contribution in [0.1, 0.15) is 72.1 Å². The first kappa shape index (κ1) is 30.2. The molecule has 3 saturated heterocycles. The van der Waals surface area contributed by atoms with Crippen LogP contribution in [-0.2, 0) is 4.74 Å². The SMILES string of the molecule is CC(C)(C)OC(=O)N1C2CCC1CN(c1nc(OCC3(CN4CCC5(CC4)CC(CO)C5)CC3)nc3c(F)c(Cl)ncc13)C2. The summed E-state index contributed by atoms with van der Waals surface area (Å²) >= 11 is 6.08. The number of aromatic nitrogens is 3. The van der Waals surface area contributed by atoms with Gasteiger partial charge in [-0.25, -0.2) is 14.2 Å². The van der Waals surface area contributed by atoms with Crippen molar-refractivity contribution < 1.29 is 23.8 Å². The van der Waals surface area contributed by atoms with Crippen LogP contribution in [0.4, 0.5) is 15.0 Å². The van der Waals surface area contributed by atoms with Gasteiger partial charge in [0.1, 0.15) is 16.9 Å². The number of piperidine rings is 1. The number of hydrogen-bond donors (Lipinski definition) is 1. The van der Waals surface area contributed by atoms with Gasteiger partial charge in [-0.2, -0.15) is 9.97 Å². The highest BCUT2D eigenvalue weighted by molar-refractivity contribution is 6.30. The molecule has 2 aromatic rings. The molecule has 2 saturated carbocycles. The summed E-state index contributed by atoms with van der Waals surface area (Å²) in [6.45, 7) is 10.7. The van der Waals surface area contributed by atoms with Crippen LogP contribution in [0.2, 0.25) is 5.15 Å². The van der Waals surface area contributed by atoms with Crippen molar-refractivity contribution in [1.82, 2.24) is 24.8 Å². The van der Waals surface area contributed by atoms with Gasteiger partial charge in [0.25, 0.3) is 0 Å². The number of halogens is 2. The van der Waals surface area contributed by atoms with E-state index in [0.29, 0.717) is 48.8 Å². The molecule has 240 valence electrons. The third-order valence-electron chi connectivity index (χ3n) is 10.6. The number of aliphatic hydroxyl groups excluding tert-OH is 1. The van der Waals surface area contributed by atoms with Crippen LogP contribution < -0.4 is 9.64 Å². The highest BCUT2D eigenvalue weighted by atomic mass is 35.5. The van der Waals surface area contributed by atoms with E-state index < -0.39 is 11.4 Å². The minimum atomic E-state index is -0.684. The Morgan fingerprint density at radius 3 is 2.41 bits per heavy atom. The van der Waals surface area contributed by atoms with Crippen molar-refractivity contribution in [1.29, 1.82) is 0 Å². The molecule has 2 aromatic heterocycles. The standard InChI is InChI=1S/C32H44ClFN6O4/c1-30(2,3)44-29(42)40-21-4-5-22(40)16-39(15-21)27-23-14-35-26(33)24(34)25(23)36-28(37-27)43-19-32(6-7-32)18-38-10-8-31(9-11-38)12-20(13-31)17-41/h14,20-22,41H,4-13,15-19H2,1-3H3. The first-order valence-corrected chi connectivity index (χ1v) is 16.6. The Labute approximate surface area is 263 Å². The van der Waals surface area contributed by atoms with Crippen molar-refractivity contribution >= 4 is 34.4 Å². The molecule has 1 N–H and O–H groups in total. The molecule has 44 heavy (non-hydrogen) atoms. The minimum Gasteiger partial charge on any atom is -0.463 e. The normalized spacial score (nSPS) is 26.2. The van der Waals surface area contributed by atoms with Gasteiger partial charge in [0, 0.05) is 37.9 Å². The summed E-state index contributed by atoms with van der Waals surface area (Å²) in [4.78, 5) is 32.9. The lowest BCUT2D eigenvalue weighted by molar-refractivity contribution is -0.0381. The van der Waals surface area contributed by atoms with Crippen molar-refractivity contribution in [3.63, 3.8) is 0 Å². The van der Waals surface area contributed by atoms with Crippen LogP contribution in [0.25, 0.3) is 10.9 Å². The predicted octanol–water partition coefficient (Wildman–Crippen LogP) is 5.05. The van der Waals surface area contributed by atoms with E-state index in [2.05, 4.69) is 19.8 Å². The van der Waals surface area contributed by atoms with Gasteiger partial charge in [-0.05, 0) is 96.6 Å². The maximum atomic E-state index is 15.3. The number of anilines is 1. The number of amides is 1. The molecule has 5 heterocycles. The molecule has 0 aromatic carbocycles. The number of rotatable bonds is 7. The zero-order valence-electron chi connectivity index (χ0n) is 26.0. The number of hydrogen-bond acceptors (Lipinski definition) is 9. The summed E-state index contributed by atoms with van der Waals surface area (Å²) in [5.74, 6) is 0.369. The van der Waals surface area contributed by atoms with Crippen LogP contribution in [0.3, 0.4) is 0 Å². The third-order valence-corrected chi connectivity index (χ3v) is 10.9. The van der Waals surface area contributed by atoms with Crippen LogP contribution in [0.15, 0.2) is 6.20 Å². The molecule has 3 aliphatic heterocycles. The Morgan fingerprint density at radius 1 is 1.11 bits per heavy atom. The molecule has 5 fully saturated rings. The van der Waals surface area contributed by atoms with E-state index in [1.165, 1.54) is 31.9 Å². The lowest BCUT2D eigenvalue weighted by atomic mass is 9.58. The highest BCUT2D eigenvalue weighted by Crippen LogP contribution is 2.53. The van der Waals surface area contributed by atoms with Crippen molar-refractivity contribution in [3.8, 4) is 6.01 Å². The summed E-state index contributed by atoms with van der Waals surface area (Å²) in [5, 5.41) is 9.69. The average Bonchev–Trinajstić information content (AvgIpc) is 3.67. The quantitative estimate of drug-likeness (QED) is 0.421. The summed E-state index contributed by atoms with van der Waals surface area (Å²) < 4.78 is 27.3. The number of fused-ring (bicyclic) bond motifs is 3. The molecule has 2 unspecified atom stereocenters. The van der Waals surface area contributed by atoms with Gasteiger partial charge in [-0.3, -0.25) is 4.90 Å². The smallest absolute Gasteiger partial charge is 0.410 e. The molecule has 1 amide bonds. The second-order valence-electron chi connectivity index (χ2n) is 15.2. The van der Waals surface area contributed by atoms with Crippen molar-refractivity contribution in [2.45, 2.75) is 89.8 Å². The molecule has 7 rings (SSSR count). The topological polar surface area (TPSA) is 104 Å². The van der Waals surface area contributed by atoms with E-state index in [9.17, 15) is 9.90 Å². The van der Waals surface area contributed by atoms with Gasteiger partial charge < -0.3 is 24.4 Å². The highest BCUT2D eigenvalue weighted by Gasteiger charge is 2.49. The molecule has 2 bridgehead atoms. The maximum Gasteiger partial charge on any atom is 0.410 e. The number of piperazine rings is 1. The van der Waals surface area contributed by atoms with Crippen molar-refractivity contribution in [2.24, 2.45) is 16.7 Å². The molecule has 1 spiro atoms. The van der Waals surface area contributed by atoms with Crippen molar-refractivity contribution in [3.05, 3.63) is 17.2 Å². The predicted molar refractivity (Wildman–Crippen MR) is 164 cm³/mol. The Morgan fingerprint density at radius 2 is 1.80 bits per heavy atom. The number of nitrogens with zero attached hydrogens (tertiary/aromatic N) is 6. The van der Waals surface area contributed by atoms with E-state index in [1.807, 2.05) is 25.7 Å². The Bertz CT molecular complexity index is 1400. The lowest BCUT2D eigenvalue weighted by Gasteiger charge is -2.52. The Kier molecular flexibility index (Phi) is 7.60. The Hall–Kier alpha value is -2.50. The molecule has 0 radical (unpaired) electrons. The van der Waals surface area contributed by atoms with Gasteiger partial charge in [0.15, 0.2) is 11.0 Å². The number of carbonyl (C=O) groups is 1. The summed E-state index contributed by atoms with van der Waals surface area (Å²) in [7, 11) is 0. The minimum absolute atomic E-state index is 0.0315. The van der Waals surface area contributed by atoms with Crippen LogP contribution in [-0.4, -0.2) is 99.6 Å². The molecular weight excluding hydrogens is 587 g/mol. The van der Waals surface area contributed by atoms with E-state index >= 15 is 4.39 Å².